The highest BCUT2D eigenvalue weighted by atomic mass is 15.0. The maximum atomic E-state index is 4.15. The van der Waals surface area contributed by atoms with Crippen LogP contribution in [-0.4, -0.2) is 11.1 Å². The molecule has 0 aliphatic heterocycles. The number of nitrogens with zero attached hydrogens (tertiary/aromatic N) is 1. The Labute approximate surface area is 143 Å². The lowest BCUT2D eigenvalue weighted by atomic mass is 9.83. The van der Waals surface area contributed by atoms with Gasteiger partial charge in [0, 0.05) is 35.9 Å². The van der Waals surface area contributed by atoms with Crippen molar-refractivity contribution in [1.82, 2.24) is 9.88 Å². The van der Waals surface area contributed by atoms with E-state index in [0.717, 1.165) is 41.8 Å². The molecule has 0 saturated carbocycles. The molecular weight excluding hydrogens is 280 g/mol. The third-order valence-electron chi connectivity index (χ3n) is 4.61. The van der Waals surface area contributed by atoms with Crippen molar-refractivity contribution in [3.05, 3.63) is 35.1 Å². The molecule has 1 aromatic rings. The number of allylic oxidation sites excluding steroid dienone is 1. The van der Waals surface area contributed by atoms with Gasteiger partial charge in [-0.1, -0.05) is 60.3 Å². The Morgan fingerprint density at radius 2 is 1.78 bits per heavy atom. The molecule has 23 heavy (non-hydrogen) atoms. The molecule has 0 aliphatic carbocycles. The van der Waals surface area contributed by atoms with Gasteiger partial charge in [-0.2, -0.15) is 0 Å². The zero-order valence-corrected chi connectivity index (χ0v) is 15.8. The van der Waals surface area contributed by atoms with Gasteiger partial charge in [-0.05, 0) is 36.3 Å². The second kappa shape index (κ2) is 9.00. The monoisotopic (exact) mass is 316 g/mol. The van der Waals surface area contributed by atoms with Crippen molar-refractivity contribution in [2.75, 3.05) is 6.54 Å². The largest absolute Gasteiger partial charge is 0.389 e. The normalized spacial score (nSPS) is 11.9. The lowest BCUT2D eigenvalue weighted by Gasteiger charge is -2.25. The molecule has 0 aliphatic rings. The molecule has 0 aromatic carbocycles. The quantitative estimate of drug-likeness (QED) is 0.652. The summed E-state index contributed by atoms with van der Waals surface area (Å²) in [6, 6.07) is 4.02. The first kappa shape index (κ1) is 19.6. The van der Waals surface area contributed by atoms with Crippen molar-refractivity contribution < 1.29 is 0 Å². The summed E-state index contributed by atoms with van der Waals surface area (Å²) in [5.74, 6) is 0.813. The predicted molar refractivity (Wildman–Crippen MR) is 104 cm³/mol. The van der Waals surface area contributed by atoms with E-state index >= 15 is 0 Å². The molecule has 130 valence electrons. The van der Waals surface area contributed by atoms with E-state index in [1.807, 2.05) is 12.1 Å². The Bertz CT molecular complexity index is 550. The van der Waals surface area contributed by atoms with E-state index in [0.29, 0.717) is 5.41 Å². The molecule has 0 unspecified atom stereocenters. The first-order chi connectivity index (χ1) is 10.7. The standard InChI is InChI=1S/C21H36N2/c1-17(2)9-8-13-21(6,7)14-15-22-18(3)12-16-23-19(4)10-11-20(23)5/h10-11,17,22H,3-5,8-9,12-16H2,1-2,6-7H3. The molecule has 1 heterocycles. The third kappa shape index (κ3) is 7.58. The van der Waals surface area contributed by atoms with E-state index in [4.69, 9.17) is 0 Å². The fraction of sp³-hybridized carbons (Fsp3) is 0.619. The van der Waals surface area contributed by atoms with E-state index in [1.165, 1.54) is 25.7 Å². The minimum absolute atomic E-state index is 0.406. The molecule has 0 saturated heterocycles. The minimum Gasteiger partial charge on any atom is -0.389 e. The molecule has 1 aromatic heterocycles. The van der Waals surface area contributed by atoms with Gasteiger partial charge < -0.3 is 9.88 Å². The fourth-order valence-electron chi connectivity index (χ4n) is 2.87. The molecule has 2 heteroatoms. The Morgan fingerprint density at radius 3 is 2.35 bits per heavy atom. The van der Waals surface area contributed by atoms with Crippen LogP contribution in [0.5, 0.6) is 0 Å². The summed E-state index contributed by atoms with van der Waals surface area (Å²) in [5, 5.41) is 5.54. The van der Waals surface area contributed by atoms with Crippen LogP contribution in [0.4, 0.5) is 0 Å². The van der Waals surface area contributed by atoms with Crippen LogP contribution >= 0.6 is 0 Å². The van der Waals surface area contributed by atoms with Gasteiger partial charge in [0.1, 0.15) is 0 Å². The van der Waals surface area contributed by atoms with Crippen molar-refractivity contribution in [2.24, 2.45) is 11.3 Å². The van der Waals surface area contributed by atoms with Crippen LogP contribution in [0, 0.1) is 11.3 Å². The van der Waals surface area contributed by atoms with Gasteiger partial charge in [-0.25, -0.2) is 0 Å². The second-order valence-electron chi connectivity index (χ2n) is 7.95. The first-order valence-electron chi connectivity index (χ1n) is 8.96. The second-order valence-corrected chi connectivity index (χ2v) is 7.95. The molecule has 1 N–H and O–H groups in total. The van der Waals surface area contributed by atoms with Gasteiger partial charge in [0.15, 0.2) is 0 Å². The average molecular weight is 317 g/mol. The number of nitrogens with one attached hydrogen (secondary N) is 1. The van der Waals surface area contributed by atoms with Crippen LogP contribution in [0.25, 0.3) is 13.2 Å². The Balaban J connectivity index is 2.25. The van der Waals surface area contributed by atoms with Gasteiger partial charge in [-0.15, -0.1) is 0 Å². The molecule has 0 fully saturated rings. The van der Waals surface area contributed by atoms with Gasteiger partial charge in [0.2, 0.25) is 0 Å². The summed E-state index contributed by atoms with van der Waals surface area (Å²) >= 11 is 0. The summed E-state index contributed by atoms with van der Waals surface area (Å²) in [5.41, 5.74) is 1.51. The van der Waals surface area contributed by atoms with Crippen LogP contribution in [0.3, 0.4) is 0 Å². The van der Waals surface area contributed by atoms with Gasteiger partial charge in [0.05, 0.1) is 0 Å². The van der Waals surface area contributed by atoms with Crippen LogP contribution in [-0.2, 0) is 6.54 Å². The van der Waals surface area contributed by atoms with Crippen molar-refractivity contribution in [1.29, 1.82) is 0 Å². The molecule has 0 spiro atoms. The number of rotatable bonds is 11. The molecule has 0 amide bonds. The van der Waals surface area contributed by atoms with Gasteiger partial charge >= 0.3 is 0 Å². The summed E-state index contributed by atoms with van der Waals surface area (Å²) < 4.78 is 2.14. The maximum absolute atomic E-state index is 4.15. The zero-order valence-electron chi connectivity index (χ0n) is 15.8. The minimum atomic E-state index is 0.406. The fourth-order valence-corrected chi connectivity index (χ4v) is 2.87. The molecule has 2 nitrogen and oxygen atoms in total. The summed E-state index contributed by atoms with van der Waals surface area (Å²) in [6.07, 6.45) is 6.08. The molecule has 0 radical (unpaired) electrons. The van der Waals surface area contributed by atoms with Crippen LogP contribution in [0.2, 0.25) is 0 Å². The third-order valence-corrected chi connectivity index (χ3v) is 4.61. The van der Waals surface area contributed by atoms with Crippen molar-refractivity contribution in [2.45, 2.75) is 66.3 Å². The van der Waals surface area contributed by atoms with Crippen molar-refractivity contribution in [3.63, 3.8) is 0 Å². The first-order valence-corrected chi connectivity index (χ1v) is 8.96. The van der Waals surface area contributed by atoms with Crippen LogP contribution in [0.1, 0.15) is 59.8 Å². The highest BCUT2D eigenvalue weighted by Gasteiger charge is 2.17. The smallest absolute Gasteiger partial charge is 0.0338 e. The lowest BCUT2D eigenvalue weighted by Crippen LogP contribution is -2.27. The van der Waals surface area contributed by atoms with Gasteiger partial charge in [-0.3, -0.25) is 0 Å². The molecule has 0 atom stereocenters. The Morgan fingerprint density at radius 1 is 1.17 bits per heavy atom. The molecular formula is C21H36N2. The van der Waals surface area contributed by atoms with E-state index in [1.54, 1.807) is 0 Å². The topological polar surface area (TPSA) is 17.0 Å². The van der Waals surface area contributed by atoms with E-state index in [2.05, 4.69) is 57.3 Å². The van der Waals surface area contributed by atoms with E-state index in [9.17, 15) is 0 Å². The van der Waals surface area contributed by atoms with Crippen molar-refractivity contribution >= 4 is 13.2 Å². The Hall–Kier alpha value is -1.44. The number of hydrogen-bond donors (Lipinski definition) is 1. The summed E-state index contributed by atoms with van der Waals surface area (Å²) in [4.78, 5) is 0. The maximum Gasteiger partial charge on any atom is 0.0338 e. The zero-order chi connectivity index (χ0) is 17.5. The average Bonchev–Trinajstić information content (AvgIpc) is 2.75. The van der Waals surface area contributed by atoms with Crippen LogP contribution in [0.15, 0.2) is 24.4 Å². The number of hydrogen-bond acceptors (Lipinski definition) is 1. The Kier molecular flexibility index (Phi) is 7.67. The summed E-state index contributed by atoms with van der Waals surface area (Å²) in [6.45, 7) is 23.5. The lowest BCUT2D eigenvalue weighted by molar-refractivity contribution is 0.287. The SMILES string of the molecule is C=C(CCn1c(=C)ccc1=C)NCCC(C)(C)CCCC(C)C. The van der Waals surface area contributed by atoms with Crippen molar-refractivity contribution in [3.8, 4) is 0 Å². The van der Waals surface area contributed by atoms with Crippen LogP contribution < -0.4 is 16.0 Å². The highest BCUT2D eigenvalue weighted by Crippen LogP contribution is 2.27. The molecule has 0 bridgehead atoms. The highest BCUT2D eigenvalue weighted by molar-refractivity contribution is 5.09. The summed E-state index contributed by atoms with van der Waals surface area (Å²) in [7, 11) is 0. The van der Waals surface area contributed by atoms with E-state index < -0.39 is 0 Å². The molecule has 1 rings (SSSR count). The van der Waals surface area contributed by atoms with Gasteiger partial charge in [0.25, 0.3) is 0 Å². The number of aromatic nitrogens is 1. The predicted octanol–water partition coefficient (Wildman–Crippen LogP) is 4.04. The van der Waals surface area contributed by atoms with E-state index in [-0.39, 0.29) is 0 Å².